The highest BCUT2D eigenvalue weighted by atomic mass is 35.5. The molecule has 1 unspecified atom stereocenters. The van der Waals surface area contributed by atoms with Crippen molar-refractivity contribution in [3.8, 4) is 5.75 Å². The molecular formula is C11H14ClNOS. The second kappa shape index (κ2) is 4.81. The maximum absolute atomic E-state index is 6.04. The van der Waals surface area contributed by atoms with Crippen molar-refractivity contribution in [2.24, 2.45) is 5.73 Å². The van der Waals surface area contributed by atoms with E-state index >= 15 is 0 Å². The van der Waals surface area contributed by atoms with Gasteiger partial charge in [0.1, 0.15) is 16.8 Å². The van der Waals surface area contributed by atoms with E-state index in [-0.39, 0.29) is 6.10 Å². The van der Waals surface area contributed by atoms with Crippen LogP contribution >= 0.6 is 23.8 Å². The van der Waals surface area contributed by atoms with Crippen molar-refractivity contribution in [2.45, 2.75) is 26.9 Å². The number of nitrogens with two attached hydrogens (primary N) is 1. The summed E-state index contributed by atoms with van der Waals surface area (Å²) in [5.41, 5.74) is 7.45. The lowest BCUT2D eigenvalue weighted by atomic mass is 10.1. The number of aryl methyl sites for hydroxylation is 2. The first-order chi connectivity index (χ1) is 6.91. The van der Waals surface area contributed by atoms with Gasteiger partial charge in [-0.05, 0) is 44.0 Å². The molecule has 0 fully saturated rings. The van der Waals surface area contributed by atoms with Gasteiger partial charge in [0.2, 0.25) is 0 Å². The lowest BCUT2D eigenvalue weighted by molar-refractivity contribution is 0.288. The van der Waals surface area contributed by atoms with E-state index in [4.69, 9.17) is 34.3 Å². The van der Waals surface area contributed by atoms with Crippen molar-refractivity contribution in [2.75, 3.05) is 0 Å². The molecule has 0 saturated carbocycles. The fourth-order valence-electron chi connectivity index (χ4n) is 1.24. The molecule has 1 atom stereocenters. The first kappa shape index (κ1) is 12.3. The summed E-state index contributed by atoms with van der Waals surface area (Å²) in [5.74, 6) is 0.745. The van der Waals surface area contributed by atoms with Gasteiger partial charge in [0.15, 0.2) is 0 Å². The summed E-state index contributed by atoms with van der Waals surface area (Å²) in [7, 11) is 0. The normalized spacial score (nSPS) is 12.3. The Bertz CT molecular complexity index is 369. The fraction of sp³-hybridized carbons (Fsp3) is 0.364. The highest BCUT2D eigenvalue weighted by Crippen LogP contribution is 2.26. The second-order valence-corrected chi connectivity index (χ2v) is 4.38. The van der Waals surface area contributed by atoms with E-state index in [9.17, 15) is 0 Å². The average molecular weight is 244 g/mol. The molecule has 2 N–H and O–H groups in total. The maximum Gasteiger partial charge on any atom is 0.145 e. The van der Waals surface area contributed by atoms with Crippen LogP contribution in [-0.2, 0) is 0 Å². The molecule has 0 aromatic heterocycles. The third-order valence-electron chi connectivity index (χ3n) is 2.12. The first-order valence-corrected chi connectivity index (χ1v) is 5.43. The van der Waals surface area contributed by atoms with Gasteiger partial charge in [-0.3, -0.25) is 0 Å². The largest absolute Gasteiger partial charge is 0.484 e. The van der Waals surface area contributed by atoms with E-state index in [0.717, 1.165) is 21.9 Å². The molecule has 0 radical (unpaired) electrons. The number of halogens is 1. The standard InChI is InChI=1S/C11H14ClNOS/c1-6-4-9(5-7(2)10(6)12)14-8(3)11(13)15/h4-5,8H,1-3H3,(H2,13,15). The molecule has 0 aliphatic carbocycles. The van der Waals surface area contributed by atoms with Crippen LogP contribution in [0.5, 0.6) is 5.75 Å². The van der Waals surface area contributed by atoms with Crippen LogP contribution in [0.25, 0.3) is 0 Å². The Labute approximate surface area is 100 Å². The summed E-state index contributed by atoms with van der Waals surface area (Å²) in [6.45, 7) is 5.70. The van der Waals surface area contributed by atoms with E-state index in [1.165, 1.54) is 0 Å². The van der Waals surface area contributed by atoms with Crippen LogP contribution in [0.3, 0.4) is 0 Å². The minimum Gasteiger partial charge on any atom is -0.484 e. The minimum absolute atomic E-state index is 0.264. The van der Waals surface area contributed by atoms with E-state index in [1.807, 2.05) is 32.9 Å². The summed E-state index contributed by atoms with van der Waals surface area (Å²) in [5, 5.41) is 0.769. The number of benzene rings is 1. The molecule has 0 heterocycles. The Morgan fingerprint density at radius 2 is 1.87 bits per heavy atom. The van der Waals surface area contributed by atoms with Crippen LogP contribution in [0.1, 0.15) is 18.1 Å². The number of thiocarbonyl (C=S) groups is 1. The van der Waals surface area contributed by atoms with Gasteiger partial charge >= 0.3 is 0 Å². The van der Waals surface area contributed by atoms with E-state index in [0.29, 0.717) is 4.99 Å². The Morgan fingerprint density at radius 1 is 1.40 bits per heavy atom. The Kier molecular flexibility index (Phi) is 3.94. The summed E-state index contributed by atoms with van der Waals surface area (Å²) < 4.78 is 5.57. The molecule has 1 aromatic rings. The Hall–Kier alpha value is -0.800. The zero-order valence-electron chi connectivity index (χ0n) is 9.00. The van der Waals surface area contributed by atoms with Crippen molar-refractivity contribution in [1.82, 2.24) is 0 Å². The predicted molar refractivity (Wildman–Crippen MR) is 67.8 cm³/mol. The zero-order valence-corrected chi connectivity index (χ0v) is 10.6. The molecule has 1 aromatic carbocycles. The maximum atomic E-state index is 6.04. The molecule has 4 heteroatoms. The number of rotatable bonds is 3. The van der Waals surface area contributed by atoms with Gasteiger partial charge < -0.3 is 10.5 Å². The number of hydrogen-bond donors (Lipinski definition) is 1. The molecule has 0 spiro atoms. The van der Waals surface area contributed by atoms with E-state index < -0.39 is 0 Å². The lowest BCUT2D eigenvalue weighted by Gasteiger charge is -2.14. The fourth-order valence-corrected chi connectivity index (χ4v) is 1.39. The van der Waals surface area contributed by atoms with Gasteiger partial charge in [-0.2, -0.15) is 0 Å². The van der Waals surface area contributed by atoms with Crippen molar-refractivity contribution >= 4 is 28.8 Å². The van der Waals surface area contributed by atoms with Gasteiger partial charge in [0.25, 0.3) is 0 Å². The monoisotopic (exact) mass is 243 g/mol. The highest BCUT2D eigenvalue weighted by molar-refractivity contribution is 7.80. The molecular weight excluding hydrogens is 230 g/mol. The van der Waals surface area contributed by atoms with E-state index in [2.05, 4.69) is 0 Å². The number of hydrogen-bond acceptors (Lipinski definition) is 2. The van der Waals surface area contributed by atoms with Gasteiger partial charge in [0, 0.05) is 5.02 Å². The summed E-state index contributed by atoms with van der Waals surface area (Å²) in [6.07, 6.45) is -0.264. The summed E-state index contributed by atoms with van der Waals surface area (Å²) >= 11 is 10.9. The molecule has 0 aliphatic rings. The van der Waals surface area contributed by atoms with E-state index in [1.54, 1.807) is 0 Å². The van der Waals surface area contributed by atoms with Crippen LogP contribution < -0.4 is 10.5 Å². The number of ether oxygens (including phenoxy) is 1. The topological polar surface area (TPSA) is 35.2 Å². The average Bonchev–Trinajstić information content (AvgIpc) is 2.13. The Balaban J connectivity index is 2.92. The van der Waals surface area contributed by atoms with Gasteiger partial charge in [0.05, 0.1) is 0 Å². The van der Waals surface area contributed by atoms with Crippen LogP contribution in [0.15, 0.2) is 12.1 Å². The van der Waals surface area contributed by atoms with Gasteiger partial charge in [-0.25, -0.2) is 0 Å². The van der Waals surface area contributed by atoms with Crippen LogP contribution in [0.2, 0.25) is 5.02 Å². The van der Waals surface area contributed by atoms with Gasteiger partial charge in [-0.15, -0.1) is 0 Å². The molecule has 0 saturated heterocycles. The molecule has 0 aliphatic heterocycles. The zero-order chi connectivity index (χ0) is 11.6. The van der Waals surface area contributed by atoms with Crippen molar-refractivity contribution in [1.29, 1.82) is 0 Å². The minimum atomic E-state index is -0.264. The molecule has 0 amide bonds. The van der Waals surface area contributed by atoms with Crippen molar-refractivity contribution < 1.29 is 4.74 Å². The third-order valence-corrected chi connectivity index (χ3v) is 3.05. The molecule has 82 valence electrons. The molecule has 1 rings (SSSR count). The van der Waals surface area contributed by atoms with Gasteiger partial charge in [-0.1, -0.05) is 23.8 Å². The quantitative estimate of drug-likeness (QED) is 0.829. The van der Waals surface area contributed by atoms with Crippen molar-refractivity contribution in [3.63, 3.8) is 0 Å². The summed E-state index contributed by atoms with van der Waals surface area (Å²) in [4.78, 5) is 0.347. The Morgan fingerprint density at radius 3 is 2.27 bits per heavy atom. The molecule has 2 nitrogen and oxygen atoms in total. The smallest absolute Gasteiger partial charge is 0.145 e. The van der Waals surface area contributed by atoms with Crippen molar-refractivity contribution in [3.05, 3.63) is 28.3 Å². The molecule has 15 heavy (non-hydrogen) atoms. The van der Waals surface area contributed by atoms with Crippen LogP contribution in [-0.4, -0.2) is 11.1 Å². The first-order valence-electron chi connectivity index (χ1n) is 4.64. The van der Waals surface area contributed by atoms with Crippen LogP contribution in [0.4, 0.5) is 0 Å². The predicted octanol–water partition coefficient (Wildman–Crippen LogP) is 3.01. The summed E-state index contributed by atoms with van der Waals surface area (Å²) in [6, 6.07) is 3.76. The highest BCUT2D eigenvalue weighted by Gasteiger charge is 2.09. The van der Waals surface area contributed by atoms with Crippen LogP contribution in [0, 0.1) is 13.8 Å². The third kappa shape index (κ3) is 3.08. The molecule has 0 bridgehead atoms. The SMILES string of the molecule is Cc1cc(OC(C)C(N)=S)cc(C)c1Cl. The second-order valence-electron chi connectivity index (χ2n) is 3.53. The lowest BCUT2D eigenvalue weighted by Crippen LogP contribution is -2.28.